The van der Waals surface area contributed by atoms with Crippen LogP contribution in [0.3, 0.4) is 0 Å². The van der Waals surface area contributed by atoms with Gasteiger partial charge in [0.1, 0.15) is 0 Å². The fraction of sp³-hybridized carbons (Fsp3) is 0.600. The van der Waals surface area contributed by atoms with Gasteiger partial charge in [-0.25, -0.2) is 0 Å². The van der Waals surface area contributed by atoms with E-state index in [-0.39, 0.29) is 0 Å². The Hall–Kier alpha value is -0.820. The molecule has 1 saturated carbocycles. The van der Waals surface area contributed by atoms with E-state index in [9.17, 15) is 0 Å². The summed E-state index contributed by atoms with van der Waals surface area (Å²) in [7, 11) is 0. The van der Waals surface area contributed by atoms with Gasteiger partial charge in [0.15, 0.2) is 0 Å². The highest BCUT2D eigenvalue weighted by atomic mass is 15.0. The standard InChI is InChI=1S/C15H23N/c1-3-14-11-15(14)16-12(2)9-10-13-7-5-4-6-8-13/h4-8,12,14-16H,3,9-11H2,1-2H3. The van der Waals surface area contributed by atoms with Crippen molar-refractivity contribution < 1.29 is 0 Å². The highest BCUT2D eigenvalue weighted by Gasteiger charge is 2.35. The topological polar surface area (TPSA) is 12.0 Å². The average molecular weight is 217 g/mol. The summed E-state index contributed by atoms with van der Waals surface area (Å²) in [5.74, 6) is 0.958. The van der Waals surface area contributed by atoms with Gasteiger partial charge in [0.25, 0.3) is 0 Å². The maximum Gasteiger partial charge on any atom is 0.0101 e. The van der Waals surface area contributed by atoms with Crippen LogP contribution in [0, 0.1) is 5.92 Å². The molecule has 1 aliphatic carbocycles. The van der Waals surface area contributed by atoms with Gasteiger partial charge in [-0.1, -0.05) is 43.7 Å². The second-order valence-electron chi connectivity index (χ2n) is 5.10. The molecule has 0 amide bonds. The minimum atomic E-state index is 0.654. The van der Waals surface area contributed by atoms with E-state index in [2.05, 4.69) is 49.5 Å². The SMILES string of the molecule is CCC1CC1NC(C)CCc1ccccc1. The summed E-state index contributed by atoms with van der Waals surface area (Å²) < 4.78 is 0. The normalized spacial score (nSPS) is 25.4. The molecule has 16 heavy (non-hydrogen) atoms. The van der Waals surface area contributed by atoms with E-state index in [1.54, 1.807) is 0 Å². The van der Waals surface area contributed by atoms with Crippen molar-refractivity contribution in [1.82, 2.24) is 5.32 Å². The Bertz CT molecular complexity index is 306. The molecule has 1 nitrogen and oxygen atoms in total. The number of hydrogen-bond donors (Lipinski definition) is 1. The van der Waals surface area contributed by atoms with Crippen LogP contribution >= 0.6 is 0 Å². The maximum absolute atomic E-state index is 3.73. The lowest BCUT2D eigenvalue weighted by atomic mass is 10.1. The van der Waals surface area contributed by atoms with Crippen molar-refractivity contribution in [3.05, 3.63) is 35.9 Å². The predicted molar refractivity (Wildman–Crippen MR) is 69.5 cm³/mol. The molecule has 1 aromatic rings. The number of benzene rings is 1. The van der Waals surface area contributed by atoms with Crippen LogP contribution in [0.1, 0.15) is 38.7 Å². The minimum Gasteiger partial charge on any atom is -0.311 e. The van der Waals surface area contributed by atoms with E-state index in [0.29, 0.717) is 6.04 Å². The largest absolute Gasteiger partial charge is 0.311 e. The summed E-state index contributed by atoms with van der Waals surface area (Å²) in [6, 6.07) is 12.2. The molecule has 1 N–H and O–H groups in total. The third-order valence-electron chi connectivity index (χ3n) is 3.65. The second kappa shape index (κ2) is 5.49. The quantitative estimate of drug-likeness (QED) is 0.770. The Balaban J connectivity index is 1.66. The first-order chi connectivity index (χ1) is 7.79. The molecule has 0 heterocycles. The van der Waals surface area contributed by atoms with E-state index >= 15 is 0 Å². The fourth-order valence-electron chi connectivity index (χ4n) is 2.38. The van der Waals surface area contributed by atoms with E-state index in [1.165, 1.54) is 31.2 Å². The van der Waals surface area contributed by atoms with E-state index in [1.807, 2.05) is 0 Å². The molecule has 3 unspecified atom stereocenters. The molecular weight excluding hydrogens is 194 g/mol. The summed E-state index contributed by atoms with van der Waals surface area (Å²) in [4.78, 5) is 0. The molecule has 1 aliphatic rings. The minimum absolute atomic E-state index is 0.654. The highest BCUT2D eigenvalue weighted by molar-refractivity contribution is 5.14. The van der Waals surface area contributed by atoms with Crippen molar-refractivity contribution in [2.24, 2.45) is 5.92 Å². The number of aryl methyl sites for hydroxylation is 1. The van der Waals surface area contributed by atoms with Gasteiger partial charge in [-0.3, -0.25) is 0 Å². The molecule has 0 spiro atoms. The summed E-state index contributed by atoms with van der Waals surface area (Å²) in [5.41, 5.74) is 1.46. The van der Waals surface area contributed by atoms with Crippen LogP contribution in [-0.4, -0.2) is 12.1 Å². The first kappa shape index (κ1) is 11.7. The monoisotopic (exact) mass is 217 g/mol. The maximum atomic E-state index is 3.73. The van der Waals surface area contributed by atoms with Gasteiger partial charge in [-0.15, -0.1) is 0 Å². The van der Waals surface area contributed by atoms with Crippen molar-refractivity contribution in [2.75, 3.05) is 0 Å². The molecular formula is C15H23N. The van der Waals surface area contributed by atoms with Crippen molar-refractivity contribution in [2.45, 2.75) is 51.6 Å². The molecule has 2 rings (SSSR count). The smallest absolute Gasteiger partial charge is 0.0101 e. The Morgan fingerprint density at radius 3 is 2.69 bits per heavy atom. The molecule has 0 radical (unpaired) electrons. The molecule has 0 aromatic heterocycles. The van der Waals surface area contributed by atoms with Crippen molar-refractivity contribution in [3.8, 4) is 0 Å². The zero-order chi connectivity index (χ0) is 11.4. The third-order valence-corrected chi connectivity index (χ3v) is 3.65. The average Bonchev–Trinajstić information content (AvgIpc) is 3.06. The van der Waals surface area contributed by atoms with Gasteiger partial charge < -0.3 is 5.32 Å². The fourth-order valence-corrected chi connectivity index (χ4v) is 2.38. The molecule has 3 atom stereocenters. The summed E-state index contributed by atoms with van der Waals surface area (Å²) >= 11 is 0. The number of hydrogen-bond acceptors (Lipinski definition) is 1. The van der Waals surface area contributed by atoms with Crippen molar-refractivity contribution in [3.63, 3.8) is 0 Å². The van der Waals surface area contributed by atoms with Gasteiger partial charge in [0, 0.05) is 12.1 Å². The molecule has 0 saturated heterocycles. The zero-order valence-corrected chi connectivity index (χ0v) is 10.4. The van der Waals surface area contributed by atoms with E-state index in [0.717, 1.165) is 12.0 Å². The lowest BCUT2D eigenvalue weighted by Gasteiger charge is -2.13. The Morgan fingerprint density at radius 1 is 1.31 bits per heavy atom. The molecule has 0 bridgehead atoms. The van der Waals surface area contributed by atoms with Gasteiger partial charge in [0.2, 0.25) is 0 Å². The predicted octanol–water partition coefficient (Wildman–Crippen LogP) is 3.40. The van der Waals surface area contributed by atoms with Crippen molar-refractivity contribution in [1.29, 1.82) is 0 Å². The molecule has 1 fully saturated rings. The van der Waals surface area contributed by atoms with E-state index < -0.39 is 0 Å². The third kappa shape index (κ3) is 3.34. The summed E-state index contributed by atoms with van der Waals surface area (Å²) in [6.07, 6.45) is 5.17. The first-order valence-corrected chi connectivity index (χ1v) is 6.59. The van der Waals surface area contributed by atoms with E-state index in [4.69, 9.17) is 0 Å². The number of rotatable bonds is 6. The van der Waals surface area contributed by atoms with Gasteiger partial charge in [0.05, 0.1) is 0 Å². The van der Waals surface area contributed by atoms with Crippen LogP contribution in [-0.2, 0) is 6.42 Å². The highest BCUT2D eigenvalue weighted by Crippen LogP contribution is 2.33. The lowest BCUT2D eigenvalue weighted by Crippen LogP contribution is -2.29. The van der Waals surface area contributed by atoms with Crippen LogP contribution in [0.15, 0.2) is 30.3 Å². The number of nitrogens with one attached hydrogen (secondary N) is 1. The van der Waals surface area contributed by atoms with Gasteiger partial charge in [-0.2, -0.15) is 0 Å². The van der Waals surface area contributed by atoms with Crippen LogP contribution in [0.5, 0.6) is 0 Å². The van der Waals surface area contributed by atoms with Crippen LogP contribution in [0.2, 0.25) is 0 Å². The molecule has 88 valence electrons. The summed E-state index contributed by atoms with van der Waals surface area (Å²) in [5, 5.41) is 3.73. The van der Waals surface area contributed by atoms with Crippen LogP contribution in [0.25, 0.3) is 0 Å². The molecule has 1 heteroatoms. The molecule has 1 aromatic carbocycles. The second-order valence-corrected chi connectivity index (χ2v) is 5.10. The Morgan fingerprint density at radius 2 is 2.06 bits per heavy atom. The van der Waals surface area contributed by atoms with Gasteiger partial charge >= 0.3 is 0 Å². The Kier molecular flexibility index (Phi) is 4.00. The lowest BCUT2D eigenvalue weighted by molar-refractivity contribution is 0.492. The van der Waals surface area contributed by atoms with Crippen LogP contribution < -0.4 is 5.32 Å². The first-order valence-electron chi connectivity index (χ1n) is 6.59. The van der Waals surface area contributed by atoms with Crippen molar-refractivity contribution >= 4 is 0 Å². The molecule has 0 aliphatic heterocycles. The Labute approximate surface area is 99.3 Å². The van der Waals surface area contributed by atoms with Crippen LogP contribution in [0.4, 0.5) is 0 Å². The zero-order valence-electron chi connectivity index (χ0n) is 10.4. The van der Waals surface area contributed by atoms with Gasteiger partial charge in [-0.05, 0) is 37.7 Å². The summed E-state index contributed by atoms with van der Waals surface area (Å²) in [6.45, 7) is 4.61.